The van der Waals surface area contributed by atoms with Crippen molar-refractivity contribution in [3.8, 4) is 5.75 Å². The molecule has 0 saturated carbocycles. The van der Waals surface area contributed by atoms with Crippen molar-refractivity contribution in [2.24, 2.45) is 5.92 Å². The van der Waals surface area contributed by atoms with Gasteiger partial charge in [-0.2, -0.15) is 8.78 Å². The summed E-state index contributed by atoms with van der Waals surface area (Å²) < 4.78 is 28.6. The maximum Gasteiger partial charge on any atom is 0.387 e. The molecule has 1 aliphatic rings. The molecule has 0 unspecified atom stereocenters. The summed E-state index contributed by atoms with van der Waals surface area (Å²) in [6.07, 6.45) is 4.53. The van der Waals surface area contributed by atoms with E-state index >= 15 is 0 Å². The maximum absolute atomic E-state index is 12.5. The molecule has 1 fully saturated rings. The van der Waals surface area contributed by atoms with E-state index in [1.807, 2.05) is 30.3 Å². The van der Waals surface area contributed by atoms with Gasteiger partial charge in [-0.25, -0.2) is 0 Å². The van der Waals surface area contributed by atoms with Crippen molar-refractivity contribution in [2.45, 2.75) is 19.5 Å². The number of hydrogen-bond acceptors (Lipinski definition) is 3. The second-order valence-corrected chi connectivity index (χ2v) is 6.76. The lowest BCUT2D eigenvalue weighted by Gasteiger charge is -2.31. The molecule has 1 atom stereocenters. The number of carbonyl (C=O) groups is 2. The Kier molecular flexibility index (Phi) is 6.94. The van der Waals surface area contributed by atoms with Crippen LogP contribution in [0.25, 0.3) is 6.08 Å². The van der Waals surface area contributed by atoms with Crippen molar-refractivity contribution in [3.05, 3.63) is 66.2 Å². The highest BCUT2D eigenvalue weighted by atomic mass is 19.3. The number of ether oxygens (including phenoxy) is 1. The summed E-state index contributed by atoms with van der Waals surface area (Å²) in [5, 5.41) is 2.89. The largest absolute Gasteiger partial charge is 0.435 e. The molecule has 0 bridgehead atoms. The van der Waals surface area contributed by atoms with Crippen LogP contribution in [0.1, 0.15) is 18.4 Å². The lowest BCUT2D eigenvalue weighted by Crippen LogP contribution is -2.43. The van der Waals surface area contributed by atoms with Crippen LogP contribution >= 0.6 is 0 Å². The lowest BCUT2D eigenvalue weighted by molar-refractivity contribution is -0.130. The molecule has 1 saturated heterocycles. The predicted molar refractivity (Wildman–Crippen MR) is 106 cm³/mol. The van der Waals surface area contributed by atoms with Crippen molar-refractivity contribution >= 4 is 23.6 Å². The van der Waals surface area contributed by atoms with Gasteiger partial charge in [0.25, 0.3) is 0 Å². The molecule has 0 spiro atoms. The first-order chi connectivity index (χ1) is 14.0. The zero-order valence-corrected chi connectivity index (χ0v) is 15.8. The van der Waals surface area contributed by atoms with Crippen LogP contribution in [0, 0.1) is 5.92 Å². The van der Waals surface area contributed by atoms with Crippen LogP contribution in [-0.4, -0.2) is 36.4 Å². The number of amides is 2. The number of nitrogens with zero attached hydrogens (tertiary/aromatic N) is 1. The molecular weight excluding hydrogens is 378 g/mol. The fourth-order valence-electron chi connectivity index (χ4n) is 3.19. The van der Waals surface area contributed by atoms with E-state index in [4.69, 9.17) is 0 Å². The molecule has 1 N–H and O–H groups in total. The molecule has 7 heteroatoms. The number of para-hydroxylation sites is 1. The van der Waals surface area contributed by atoms with Crippen molar-refractivity contribution in [1.29, 1.82) is 0 Å². The van der Waals surface area contributed by atoms with E-state index in [9.17, 15) is 18.4 Å². The number of halogens is 2. The third-order valence-electron chi connectivity index (χ3n) is 4.67. The molecule has 152 valence electrons. The average molecular weight is 400 g/mol. The van der Waals surface area contributed by atoms with Crippen molar-refractivity contribution in [2.75, 3.05) is 18.4 Å². The van der Waals surface area contributed by atoms with E-state index in [-0.39, 0.29) is 23.5 Å². The molecule has 0 aromatic heterocycles. The normalized spacial score (nSPS) is 16.8. The summed E-state index contributed by atoms with van der Waals surface area (Å²) in [4.78, 5) is 26.6. The summed E-state index contributed by atoms with van der Waals surface area (Å²) in [6, 6.07) is 15.2. The molecule has 2 aromatic carbocycles. The number of carbonyl (C=O) groups excluding carboxylic acids is 2. The predicted octanol–water partition coefficient (Wildman–Crippen LogP) is 4.18. The quantitative estimate of drug-likeness (QED) is 0.740. The minimum absolute atomic E-state index is 0.0618. The van der Waals surface area contributed by atoms with Crippen LogP contribution in [-0.2, 0) is 9.59 Å². The second kappa shape index (κ2) is 9.82. The summed E-state index contributed by atoms with van der Waals surface area (Å²) in [7, 11) is 0. The Bertz CT molecular complexity index is 854. The minimum atomic E-state index is -2.87. The number of hydrogen-bond donors (Lipinski definition) is 1. The van der Waals surface area contributed by atoms with Crippen molar-refractivity contribution in [1.82, 2.24) is 4.90 Å². The second-order valence-electron chi connectivity index (χ2n) is 6.76. The molecule has 1 aliphatic heterocycles. The summed E-state index contributed by atoms with van der Waals surface area (Å²) in [6.45, 7) is -1.91. The van der Waals surface area contributed by atoms with Crippen LogP contribution in [0.5, 0.6) is 5.75 Å². The van der Waals surface area contributed by atoms with Gasteiger partial charge in [-0.3, -0.25) is 9.59 Å². The van der Waals surface area contributed by atoms with Crippen LogP contribution in [0.3, 0.4) is 0 Å². The van der Waals surface area contributed by atoms with Gasteiger partial charge in [0, 0.05) is 24.9 Å². The first kappa shape index (κ1) is 20.5. The minimum Gasteiger partial charge on any atom is -0.435 e. The standard InChI is InChI=1S/C22H22F2N2O3/c23-22(24)29-19-11-8-16(9-12-19)10-13-20(27)26-14-4-5-17(15-26)21(28)25-18-6-2-1-3-7-18/h1-3,6-13,17,22H,4-5,14-15H2,(H,25,28)/b13-10+/t17-/m1/s1. The Morgan fingerprint density at radius 3 is 2.52 bits per heavy atom. The number of anilines is 1. The molecule has 5 nitrogen and oxygen atoms in total. The maximum atomic E-state index is 12.5. The highest BCUT2D eigenvalue weighted by Crippen LogP contribution is 2.20. The molecular formula is C22H22F2N2O3. The van der Waals surface area contributed by atoms with Gasteiger partial charge >= 0.3 is 6.61 Å². The zero-order chi connectivity index (χ0) is 20.6. The first-order valence-corrected chi connectivity index (χ1v) is 9.39. The number of alkyl halides is 2. The highest BCUT2D eigenvalue weighted by molar-refractivity contribution is 5.95. The molecule has 3 rings (SSSR count). The van der Waals surface area contributed by atoms with Crippen LogP contribution in [0.15, 0.2) is 60.7 Å². The number of benzene rings is 2. The number of likely N-dealkylation sites (tertiary alicyclic amines) is 1. The third kappa shape index (κ3) is 6.14. The van der Waals surface area contributed by atoms with E-state index < -0.39 is 6.61 Å². The Labute approximate surface area is 168 Å². The average Bonchev–Trinajstić information content (AvgIpc) is 2.73. The van der Waals surface area contributed by atoms with Gasteiger partial charge in [0.1, 0.15) is 5.75 Å². The third-order valence-corrected chi connectivity index (χ3v) is 4.67. The van der Waals surface area contributed by atoms with E-state index in [0.717, 1.165) is 18.5 Å². The highest BCUT2D eigenvalue weighted by Gasteiger charge is 2.27. The lowest BCUT2D eigenvalue weighted by atomic mass is 9.97. The summed E-state index contributed by atoms with van der Waals surface area (Å²) in [5.74, 6) is -0.471. The fourth-order valence-corrected chi connectivity index (χ4v) is 3.19. The van der Waals surface area contributed by atoms with Gasteiger partial charge in [0.2, 0.25) is 11.8 Å². The molecule has 2 aromatic rings. The molecule has 1 heterocycles. The summed E-state index contributed by atoms with van der Waals surface area (Å²) >= 11 is 0. The van der Waals surface area contributed by atoms with Crippen LogP contribution in [0.2, 0.25) is 0 Å². The SMILES string of the molecule is O=C(Nc1ccccc1)[C@@H]1CCCN(C(=O)/C=C/c2ccc(OC(F)F)cc2)C1. The van der Waals surface area contributed by atoms with E-state index in [0.29, 0.717) is 18.7 Å². The van der Waals surface area contributed by atoms with E-state index in [1.165, 1.54) is 18.2 Å². The molecule has 2 amide bonds. The van der Waals surface area contributed by atoms with Crippen molar-refractivity contribution in [3.63, 3.8) is 0 Å². The fraction of sp³-hybridized carbons (Fsp3) is 0.273. The van der Waals surface area contributed by atoms with Crippen LogP contribution in [0.4, 0.5) is 14.5 Å². The Balaban J connectivity index is 1.55. The first-order valence-electron chi connectivity index (χ1n) is 9.39. The summed E-state index contributed by atoms with van der Waals surface area (Å²) in [5.41, 5.74) is 1.43. The molecule has 0 aliphatic carbocycles. The van der Waals surface area contributed by atoms with E-state index in [1.54, 1.807) is 23.1 Å². The smallest absolute Gasteiger partial charge is 0.387 e. The van der Waals surface area contributed by atoms with E-state index in [2.05, 4.69) is 10.1 Å². The number of piperidine rings is 1. The zero-order valence-electron chi connectivity index (χ0n) is 15.8. The van der Waals surface area contributed by atoms with Gasteiger partial charge in [-0.15, -0.1) is 0 Å². The number of rotatable bonds is 6. The number of nitrogens with one attached hydrogen (secondary N) is 1. The Hall–Kier alpha value is -3.22. The van der Waals surface area contributed by atoms with Gasteiger partial charge in [0.05, 0.1) is 5.92 Å². The van der Waals surface area contributed by atoms with Crippen molar-refractivity contribution < 1.29 is 23.1 Å². The topological polar surface area (TPSA) is 58.6 Å². The molecule has 0 radical (unpaired) electrons. The van der Waals surface area contributed by atoms with Gasteiger partial charge < -0.3 is 15.0 Å². The van der Waals surface area contributed by atoms with Gasteiger partial charge in [-0.05, 0) is 48.7 Å². The Morgan fingerprint density at radius 2 is 1.83 bits per heavy atom. The van der Waals surface area contributed by atoms with Crippen LogP contribution < -0.4 is 10.1 Å². The van der Waals surface area contributed by atoms with Gasteiger partial charge in [-0.1, -0.05) is 30.3 Å². The monoisotopic (exact) mass is 400 g/mol. The Morgan fingerprint density at radius 1 is 1.10 bits per heavy atom. The molecule has 29 heavy (non-hydrogen) atoms. The van der Waals surface area contributed by atoms with Gasteiger partial charge in [0.15, 0.2) is 0 Å².